The molecule has 2 heterocycles. The fraction of sp³-hybridized carbons (Fsp3) is 0.154. The van der Waals surface area contributed by atoms with E-state index in [1.165, 1.54) is 0 Å². The van der Waals surface area contributed by atoms with Crippen LogP contribution in [-0.4, -0.2) is 30.4 Å². The molecule has 96 valence electrons. The topological polar surface area (TPSA) is 72.9 Å². The van der Waals surface area contributed by atoms with E-state index in [1.54, 1.807) is 23.3 Å². The number of carboxylic acids is 1. The molecule has 2 aromatic heterocycles. The van der Waals surface area contributed by atoms with Crippen molar-refractivity contribution in [3.8, 4) is 0 Å². The number of carboxylic acid groups (broad SMARTS) is 1. The van der Waals surface area contributed by atoms with Crippen molar-refractivity contribution < 1.29 is 9.90 Å². The average Bonchev–Trinajstić information content (AvgIpc) is 3.04. The molecule has 0 spiro atoms. The second-order valence-electron chi connectivity index (χ2n) is 4.19. The van der Waals surface area contributed by atoms with Crippen LogP contribution >= 0.6 is 0 Å². The zero-order valence-electron chi connectivity index (χ0n) is 10.1. The van der Waals surface area contributed by atoms with Gasteiger partial charge in [-0.2, -0.15) is 5.10 Å². The summed E-state index contributed by atoms with van der Waals surface area (Å²) < 4.78 is 3.65. The first-order chi connectivity index (χ1) is 9.25. The second kappa shape index (κ2) is 4.56. The predicted molar refractivity (Wildman–Crippen MR) is 68.9 cm³/mol. The van der Waals surface area contributed by atoms with Crippen molar-refractivity contribution in [2.75, 3.05) is 0 Å². The summed E-state index contributed by atoms with van der Waals surface area (Å²) >= 11 is 0. The highest BCUT2D eigenvalue weighted by atomic mass is 16.4. The Bertz CT molecular complexity index is 715. The minimum absolute atomic E-state index is 0.0984. The van der Waals surface area contributed by atoms with Gasteiger partial charge in [0.25, 0.3) is 0 Å². The number of fused-ring (bicyclic) bond motifs is 1. The molecule has 3 aromatic rings. The van der Waals surface area contributed by atoms with E-state index in [0.29, 0.717) is 18.5 Å². The fourth-order valence-corrected chi connectivity index (χ4v) is 2.09. The smallest absolute Gasteiger partial charge is 0.357 e. The van der Waals surface area contributed by atoms with Crippen molar-refractivity contribution in [1.29, 1.82) is 0 Å². The number of nitrogens with zero attached hydrogens (tertiary/aromatic N) is 4. The molecule has 0 bridgehead atoms. The first-order valence-corrected chi connectivity index (χ1v) is 5.90. The lowest BCUT2D eigenvalue weighted by Gasteiger charge is -2.04. The van der Waals surface area contributed by atoms with Crippen LogP contribution in [0.1, 0.15) is 10.5 Å². The Morgan fingerprint density at radius 3 is 2.84 bits per heavy atom. The van der Waals surface area contributed by atoms with Gasteiger partial charge >= 0.3 is 5.97 Å². The Kier molecular flexibility index (Phi) is 2.75. The van der Waals surface area contributed by atoms with Gasteiger partial charge in [-0.15, -0.1) is 0 Å². The average molecular weight is 256 g/mol. The summed E-state index contributed by atoms with van der Waals surface area (Å²) in [5.41, 5.74) is 0.932. The molecule has 0 amide bonds. The van der Waals surface area contributed by atoms with Crippen LogP contribution in [0, 0.1) is 0 Å². The van der Waals surface area contributed by atoms with Gasteiger partial charge in [0.1, 0.15) is 0 Å². The van der Waals surface area contributed by atoms with E-state index in [9.17, 15) is 4.79 Å². The van der Waals surface area contributed by atoms with Crippen LogP contribution in [0.4, 0.5) is 0 Å². The van der Waals surface area contributed by atoms with Crippen LogP contribution in [-0.2, 0) is 13.1 Å². The van der Waals surface area contributed by atoms with Crippen LogP contribution in [0.25, 0.3) is 10.9 Å². The molecule has 1 N–H and O–H groups in total. The molecule has 0 aliphatic rings. The minimum Gasteiger partial charge on any atom is -0.476 e. The highest BCUT2D eigenvalue weighted by Crippen LogP contribution is 2.18. The number of carbonyl (C=O) groups is 1. The van der Waals surface area contributed by atoms with Crippen molar-refractivity contribution in [2.24, 2.45) is 0 Å². The van der Waals surface area contributed by atoms with E-state index >= 15 is 0 Å². The molecule has 6 nitrogen and oxygen atoms in total. The normalized spacial score (nSPS) is 10.9. The lowest BCUT2D eigenvalue weighted by Crippen LogP contribution is -2.08. The maximum absolute atomic E-state index is 11.2. The Hall–Kier alpha value is -2.63. The largest absolute Gasteiger partial charge is 0.476 e. The molecule has 19 heavy (non-hydrogen) atoms. The number of aromatic carboxylic acids is 1. The van der Waals surface area contributed by atoms with Crippen molar-refractivity contribution in [3.63, 3.8) is 0 Å². The van der Waals surface area contributed by atoms with Gasteiger partial charge in [0.2, 0.25) is 0 Å². The van der Waals surface area contributed by atoms with E-state index in [0.717, 1.165) is 5.52 Å². The van der Waals surface area contributed by atoms with Crippen LogP contribution in [0.15, 0.2) is 43.0 Å². The molecule has 0 aliphatic carbocycles. The van der Waals surface area contributed by atoms with Crippen molar-refractivity contribution in [3.05, 3.63) is 48.7 Å². The van der Waals surface area contributed by atoms with Gasteiger partial charge in [0.05, 0.1) is 18.4 Å². The molecule has 0 aliphatic heterocycles. The monoisotopic (exact) mass is 256 g/mol. The zero-order chi connectivity index (χ0) is 13.2. The van der Waals surface area contributed by atoms with Crippen molar-refractivity contribution in [1.82, 2.24) is 19.3 Å². The van der Waals surface area contributed by atoms with Crippen molar-refractivity contribution in [2.45, 2.75) is 13.1 Å². The Labute approximate surface area is 108 Å². The van der Waals surface area contributed by atoms with E-state index < -0.39 is 5.97 Å². The summed E-state index contributed by atoms with van der Waals surface area (Å²) in [6.07, 6.45) is 5.30. The molecule has 3 rings (SSSR count). The van der Waals surface area contributed by atoms with E-state index in [2.05, 4.69) is 10.1 Å². The van der Waals surface area contributed by atoms with Crippen LogP contribution in [0.3, 0.4) is 0 Å². The first-order valence-electron chi connectivity index (χ1n) is 5.90. The van der Waals surface area contributed by atoms with Gasteiger partial charge in [0, 0.05) is 24.3 Å². The quantitative estimate of drug-likeness (QED) is 0.770. The number of benzene rings is 1. The Morgan fingerprint density at radius 2 is 2.11 bits per heavy atom. The molecule has 1 aromatic carbocycles. The number of aromatic nitrogens is 4. The summed E-state index contributed by atoms with van der Waals surface area (Å²) in [6, 6.07) is 7.35. The van der Waals surface area contributed by atoms with Gasteiger partial charge < -0.3 is 9.67 Å². The number of rotatable bonds is 4. The number of hydrogen-bond acceptors (Lipinski definition) is 3. The molecule has 0 saturated heterocycles. The maximum atomic E-state index is 11.2. The number of hydrogen-bond donors (Lipinski definition) is 1. The summed E-state index contributed by atoms with van der Waals surface area (Å²) in [7, 11) is 0. The lowest BCUT2D eigenvalue weighted by atomic mass is 10.2. The van der Waals surface area contributed by atoms with Gasteiger partial charge in [-0.1, -0.05) is 18.2 Å². The molecular formula is C13H12N4O2. The molecule has 0 fully saturated rings. The molecular weight excluding hydrogens is 244 g/mol. The van der Waals surface area contributed by atoms with Gasteiger partial charge in [0.15, 0.2) is 5.69 Å². The number of imidazole rings is 1. The van der Waals surface area contributed by atoms with E-state index in [4.69, 9.17) is 5.11 Å². The third-order valence-corrected chi connectivity index (χ3v) is 2.99. The van der Waals surface area contributed by atoms with Gasteiger partial charge in [-0.05, 0) is 6.07 Å². The first kappa shape index (κ1) is 11.5. The molecule has 0 unspecified atom stereocenters. The summed E-state index contributed by atoms with van der Waals surface area (Å²) in [6.45, 7) is 1.30. The maximum Gasteiger partial charge on any atom is 0.357 e. The van der Waals surface area contributed by atoms with Crippen LogP contribution < -0.4 is 0 Å². The molecule has 0 radical (unpaired) electrons. The number of para-hydroxylation sites is 1. The Morgan fingerprint density at radius 1 is 1.26 bits per heavy atom. The SMILES string of the molecule is O=C(O)c1nn(CCn2ccnc2)c2ccccc12. The summed E-state index contributed by atoms with van der Waals surface area (Å²) in [5, 5.41) is 14.0. The fourth-order valence-electron chi connectivity index (χ4n) is 2.09. The highest BCUT2D eigenvalue weighted by molar-refractivity contribution is 6.01. The lowest BCUT2D eigenvalue weighted by molar-refractivity contribution is 0.0691. The van der Waals surface area contributed by atoms with E-state index in [-0.39, 0.29) is 5.69 Å². The summed E-state index contributed by atoms with van der Waals surface area (Å²) in [4.78, 5) is 15.1. The van der Waals surface area contributed by atoms with Crippen LogP contribution in [0.2, 0.25) is 0 Å². The standard InChI is InChI=1S/C13H12N4O2/c18-13(19)12-10-3-1-2-4-11(10)17(15-12)8-7-16-6-5-14-9-16/h1-6,9H,7-8H2,(H,18,19). The third kappa shape index (κ3) is 2.08. The molecule has 0 atom stereocenters. The van der Waals surface area contributed by atoms with Crippen molar-refractivity contribution >= 4 is 16.9 Å². The van der Waals surface area contributed by atoms with Gasteiger partial charge in [-0.3, -0.25) is 4.68 Å². The van der Waals surface area contributed by atoms with Crippen LogP contribution in [0.5, 0.6) is 0 Å². The third-order valence-electron chi connectivity index (χ3n) is 2.99. The van der Waals surface area contributed by atoms with E-state index in [1.807, 2.05) is 29.0 Å². The van der Waals surface area contributed by atoms with Gasteiger partial charge in [-0.25, -0.2) is 9.78 Å². The second-order valence-corrected chi connectivity index (χ2v) is 4.19. The zero-order valence-corrected chi connectivity index (χ0v) is 10.1. The Balaban J connectivity index is 1.97. The molecule has 6 heteroatoms. The molecule has 0 saturated carbocycles. The summed E-state index contributed by atoms with van der Waals surface area (Å²) in [5.74, 6) is -1.00. The minimum atomic E-state index is -1.00. The predicted octanol–water partition coefficient (Wildman–Crippen LogP) is 1.63. The number of aryl methyl sites for hydroxylation is 2. The highest BCUT2D eigenvalue weighted by Gasteiger charge is 2.15.